The fourth-order valence-corrected chi connectivity index (χ4v) is 1.89. The Morgan fingerprint density at radius 2 is 2.21 bits per heavy atom. The highest BCUT2D eigenvalue weighted by molar-refractivity contribution is 14.1. The molecule has 0 N–H and O–H groups in total. The van der Waals surface area contributed by atoms with E-state index in [1.165, 1.54) is 12.1 Å². The largest absolute Gasteiger partial charge is 0.303 e. The Balaban J connectivity index is 3.20. The molecule has 5 heteroatoms. The predicted molar refractivity (Wildman–Crippen MR) is 60.3 cm³/mol. The maximum absolute atomic E-state index is 10.6. The molecule has 1 rings (SSSR count). The van der Waals surface area contributed by atoms with E-state index in [2.05, 4.69) is 22.6 Å². The van der Waals surface area contributed by atoms with E-state index in [1.807, 2.05) is 0 Å². The molecule has 0 fully saturated rings. The van der Waals surface area contributed by atoms with E-state index in [-0.39, 0.29) is 11.6 Å². The first kappa shape index (κ1) is 11.1. The average molecular weight is 305 g/mol. The zero-order valence-electron chi connectivity index (χ0n) is 7.44. The Bertz CT molecular complexity index is 378. The maximum Gasteiger partial charge on any atom is 0.269 e. The number of hydrogen-bond donors (Lipinski definition) is 0. The lowest BCUT2D eigenvalue weighted by atomic mass is 10.0. The van der Waals surface area contributed by atoms with Crippen LogP contribution >= 0.6 is 22.6 Å². The van der Waals surface area contributed by atoms with Crippen molar-refractivity contribution in [2.75, 3.05) is 0 Å². The van der Waals surface area contributed by atoms with Crippen LogP contribution in [-0.2, 0) is 4.79 Å². The van der Waals surface area contributed by atoms with Crippen molar-refractivity contribution in [3.8, 4) is 0 Å². The summed E-state index contributed by atoms with van der Waals surface area (Å²) < 4.78 is 0.868. The molecule has 4 nitrogen and oxygen atoms in total. The third-order valence-electron chi connectivity index (χ3n) is 1.89. The van der Waals surface area contributed by atoms with Gasteiger partial charge in [0.25, 0.3) is 5.69 Å². The summed E-state index contributed by atoms with van der Waals surface area (Å²) in [6, 6.07) is 4.53. The van der Waals surface area contributed by atoms with Gasteiger partial charge in [0, 0.05) is 21.6 Å². The number of non-ortho nitro benzene ring substituents is 1. The van der Waals surface area contributed by atoms with E-state index in [1.54, 1.807) is 13.0 Å². The van der Waals surface area contributed by atoms with Crippen molar-refractivity contribution in [1.29, 1.82) is 0 Å². The highest BCUT2D eigenvalue weighted by atomic mass is 127. The molecule has 0 aliphatic heterocycles. The molecule has 0 aliphatic carbocycles. The molecule has 0 heterocycles. The van der Waals surface area contributed by atoms with Crippen LogP contribution in [0.4, 0.5) is 5.69 Å². The van der Waals surface area contributed by atoms with Crippen molar-refractivity contribution in [3.63, 3.8) is 0 Å². The first-order valence-electron chi connectivity index (χ1n) is 3.95. The van der Waals surface area contributed by atoms with Gasteiger partial charge < -0.3 is 4.79 Å². The standard InChI is InChI=1S/C9H8INO3/c1-6(5-12)8-4-7(11(13)14)2-3-9(8)10/h2-6H,1H3. The fourth-order valence-electron chi connectivity index (χ4n) is 1.07. The van der Waals surface area contributed by atoms with Crippen LogP contribution in [0.1, 0.15) is 18.4 Å². The highest BCUT2D eigenvalue weighted by Crippen LogP contribution is 2.24. The van der Waals surface area contributed by atoms with Crippen LogP contribution < -0.4 is 0 Å². The molecular weight excluding hydrogens is 297 g/mol. The van der Waals surface area contributed by atoms with Crippen LogP contribution in [0.25, 0.3) is 0 Å². The normalized spacial score (nSPS) is 12.1. The molecule has 1 unspecified atom stereocenters. The fraction of sp³-hybridized carbons (Fsp3) is 0.222. The molecule has 1 aromatic carbocycles. The lowest BCUT2D eigenvalue weighted by Crippen LogP contribution is -1.99. The van der Waals surface area contributed by atoms with E-state index in [4.69, 9.17) is 0 Å². The van der Waals surface area contributed by atoms with Gasteiger partial charge in [-0.25, -0.2) is 0 Å². The third-order valence-corrected chi connectivity index (χ3v) is 2.87. The van der Waals surface area contributed by atoms with Gasteiger partial charge in [0.1, 0.15) is 6.29 Å². The summed E-state index contributed by atoms with van der Waals surface area (Å²) in [5.41, 5.74) is 0.726. The van der Waals surface area contributed by atoms with Crippen molar-refractivity contribution in [2.24, 2.45) is 0 Å². The Kier molecular flexibility index (Phi) is 3.56. The number of benzene rings is 1. The zero-order valence-corrected chi connectivity index (χ0v) is 9.59. The minimum absolute atomic E-state index is 0.0223. The summed E-state index contributed by atoms with van der Waals surface area (Å²) in [6.45, 7) is 1.72. The van der Waals surface area contributed by atoms with E-state index >= 15 is 0 Å². The number of aldehydes is 1. The number of carbonyl (C=O) groups is 1. The molecule has 1 aromatic rings. The van der Waals surface area contributed by atoms with Gasteiger partial charge in [-0.15, -0.1) is 0 Å². The Morgan fingerprint density at radius 1 is 1.57 bits per heavy atom. The van der Waals surface area contributed by atoms with Crippen molar-refractivity contribution >= 4 is 34.6 Å². The number of nitrogens with zero attached hydrogens (tertiary/aromatic N) is 1. The van der Waals surface area contributed by atoms with Crippen molar-refractivity contribution in [2.45, 2.75) is 12.8 Å². The van der Waals surface area contributed by atoms with Gasteiger partial charge in [-0.05, 0) is 34.2 Å². The topological polar surface area (TPSA) is 60.2 Å². The lowest BCUT2D eigenvalue weighted by Gasteiger charge is -2.06. The minimum atomic E-state index is -0.461. The summed E-state index contributed by atoms with van der Waals surface area (Å²) in [5.74, 6) is -0.304. The highest BCUT2D eigenvalue weighted by Gasteiger charge is 2.13. The smallest absolute Gasteiger partial charge is 0.269 e. The summed E-state index contributed by atoms with van der Waals surface area (Å²) in [5, 5.41) is 10.5. The molecule has 0 saturated carbocycles. The van der Waals surface area contributed by atoms with Crippen LogP contribution in [0.5, 0.6) is 0 Å². The number of hydrogen-bond acceptors (Lipinski definition) is 3. The second kappa shape index (κ2) is 4.50. The SMILES string of the molecule is CC(C=O)c1cc([N+](=O)[O-])ccc1I. The van der Waals surface area contributed by atoms with Crippen LogP contribution in [0.15, 0.2) is 18.2 Å². The lowest BCUT2D eigenvalue weighted by molar-refractivity contribution is -0.384. The molecule has 0 saturated heterocycles. The molecule has 0 spiro atoms. The number of nitro benzene ring substituents is 1. The minimum Gasteiger partial charge on any atom is -0.303 e. The van der Waals surface area contributed by atoms with Crippen LogP contribution in [0, 0.1) is 13.7 Å². The number of rotatable bonds is 3. The molecular formula is C9H8INO3. The van der Waals surface area contributed by atoms with E-state index in [0.717, 1.165) is 9.86 Å². The summed E-state index contributed by atoms with van der Waals surface area (Å²) in [6.07, 6.45) is 0.779. The van der Waals surface area contributed by atoms with Crippen LogP contribution in [0.3, 0.4) is 0 Å². The monoisotopic (exact) mass is 305 g/mol. The van der Waals surface area contributed by atoms with E-state index < -0.39 is 4.92 Å². The second-order valence-electron chi connectivity index (χ2n) is 2.89. The predicted octanol–water partition coefficient (Wildman–Crippen LogP) is 2.50. The third kappa shape index (κ3) is 2.28. The van der Waals surface area contributed by atoms with E-state index in [0.29, 0.717) is 5.56 Å². The average Bonchev–Trinajstić information content (AvgIpc) is 2.17. The van der Waals surface area contributed by atoms with Crippen LogP contribution in [-0.4, -0.2) is 11.2 Å². The Morgan fingerprint density at radius 3 is 2.71 bits per heavy atom. The molecule has 74 valence electrons. The van der Waals surface area contributed by atoms with Crippen molar-refractivity contribution in [3.05, 3.63) is 37.4 Å². The van der Waals surface area contributed by atoms with Crippen molar-refractivity contribution in [1.82, 2.24) is 0 Å². The van der Waals surface area contributed by atoms with Gasteiger partial charge in [-0.3, -0.25) is 10.1 Å². The second-order valence-corrected chi connectivity index (χ2v) is 4.05. The van der Waals surface area contributed by atoms with Gasteiger partial charge in [-0.1, -0.05) is 6.92 Å². The molecule has 0 aromatic heterocycles. The van der Waals surface area contributed by atoms with Gasteiger partial charge in [-0.2, -0.15) is 0 Å². The van der Waals surface area contributed by atoms with Gasteiger partial charge in [0.15, 0.2) is 0 Å². The summed E-state index contributed by atoms with van der Waals surface area (Å²) in [7, 11) is 0. The summed E-state index contributed by atoms with van der Waals surface area (Å²) >= 11 is 2.06. The molecule has 0 bridgehead atoms. The van der Waals surface area contributed by atoms with Crippen LogP contribution in [0.2, 0.25) is 0 Å². The summed E-state index contributed by atoms with van der Waals surface area (Å²) in [4.78, 5) is 20.6. The van der Waals surface area contributed by atoms with Crippen molar-refractivity contribution < 1.29 is 9.72 Å². The zero-order chi connectivity index (χ0) is 10.7. The van der Waals surface area contributed by atoms with Gasteiger partial charge in [0.05, 0.1) is 4.92 Å². The van der Waals surface area contributed by atoms with Gasteiger partial charge in [0.2, 0.25) is 0 Å². The molecule has 0 radical (unpaired) electrons. The number of carbonyl (C=O) groups excluding carboxylic acids is 1. The molecule has 14 heavy (non-hydrogen) atoms. The van der Waals surface area contributed by atoms with E-state index in [9.17, 15) is 14.9 Å². The van der Waals surface area contributed by atoms with Gasteiger partial charge >= 0.3 is 0 Å². The molecule has 0 amide bonds. The first-order chi connectivity index (χ1) is 6.56. The Labute approximate surface area is 94.6 Å². The molecule has 0 aliphatic rings. The molecule has 1 atom stereocenters. The number of halogens is 1. The Hall–Kier alpha value is -0.980. The quantitative estimate of drug-likeness (QED) is 0.373. The first-order valence-corrected chi connectivity index (χ1v) is 5.03. The maximum atomic E-state index is 10.6. The number of nitro groups is 1.